The summed E-state index contributed by atoms with van der Waals surface area (Å²) in [6.07, 6.45) is 1.81. The monoisotopic (exact) mass is 543 g/mol. The fourth-order valence-corrected chi connectivity index (χ4v) is 4.98. The number of rotatable bonds is 7. The number of thioether (sulfide) groups is 1. The van der Waals surface area contributed by atoms with Gasteiger partial charge in [-0.2, -0.15) is 0 Å². The Hall–Kier alpha value is -2.68. The molecule has 0 N–H and O–H groups in total. The Morgan fingerprint density at radius 2 is 1.88 bits per heavy atom. The van der Waals surface area contributed by atoms with Gasteiger partial charge >= 0.3 is 0 Å². The van der Waals surface area contributed by atoms with Crippen LogP contribution in [0.5, 0.6) is 11.5 Å². The van der Waals surface area contributed by atoms with Gasteiger partial charge in [0.1, 0.15) is 28.2 Å². The number of halogens is 2. The van der Waals surface area contributed by atoms with E-state index in [4.69, 9.17) is 21.7 Å². The summed E-state index contributed by atoms with van der Waals surface area (Å²) in [6.45, 7) is 0.655. The maximum absolute atomic E-state index is 13.3. The molecular weight excluding hydrogens is 525 g/mol. The molecule has 1 fully saturated rings. The zero-order valence-corrected chi connectivity index (χ0v) is 20.8. The van der Waals surface area contributed by atoms with E-state index in [1.807, 2.05) is 48.5 Å². The molecule has 0 atom stereocenters. The molecule has 168 valence electrons. The highest BCUT2D eigenvalue weighted by molar-refractivity contribution is 9.10. The van der Waals surface area contributed by atoms with Crippen molar-refractivity contribution in [2.24, 2.45) is 0 Å². The van der Waals surface area contributed by atoms with Crippen LogP contribution in [-0.2, 0) is 17.9 Å². The molecule has 1 aliphatic heterocycles. The van der Waals surface area contributed by atoms with Crippen molar-refractivity contribution in [3.63, 3.8) is 0 Å². The third-order valence-electron chi connectivity index (χ3n) is 4.91. The zero-order valence-electron chi connectivity index (χ0n) is 17.6. The molecule has 8 heteroatoms. The minimum Gasteiger partial charge on any atom is -0.497 e. The molecule has 0 radical (unpaired) electrons. The van der Waals surface area contributed by atoms with Gasteiger partial charge in [-0.15, -0.1) is 0 Å². The first-order valence-electron chi connectivity index (χ1n) is 9.98. The van der Waals surface area contributed by atoms with Gasteiger partial charge in [-0.05, 0) is 75.1 Å². The summed E-state index contributed by atoms with van der Waals surface area (Å²) in [5.41, 5.74) is 2.55. The molecule has 3 aromatic carbocycles. The minimum absolute atomic E-state index is 0.122. The van der Waals surface area contributed by atoms with Crippen LogP contribution in [0.1, 0.15) is 16.7 Å². The highest BCUT2D eigenvalue weighted by Crippen LogP contribution is 2.35. The second kappa shape index (κ2) is 10.5. The van der Waals surface area contributed by atoms with Crippen LogP contribution >= 0.6 is 39.9 Å². The molecule has 0 saturated carbocycles. The van der Waals surface area contributed by atoms with Crippen molar-refractivity contribution in [1.82, 2.24) is 4.90 Å². The van der Waals surface area contributed by atoms with Gasteiger partial charge in [-0.3, -0.25) is 9.69 Å². The fourth-order valence-electron chi connectivity index (χ4n) is 3.21. The Morgan fingerprint density at radius 1 is 1.09 bits per heavy atom. The minimum atomic E-state index is -0.296. The van der Waals surface area contributed by atoms with E-state index >= 15 is 0 Å². The number of carbonyl (C=O) groups is 1. The van der Waals surface area contributed by atoms with Crippen LogP contribution in [0, 0.1) is 5.82 Å². The Balaban J connectivity index is 1.44. The number of hydrogen-bond acceptors (Lipinski definition) is 5. The van der Waals surface area contributed by atoms with Crippen molar-refractivity contribution in [2.45, 2.75) is 13.2 Å². The third kappa shape index (κ3) is 5.82. The zero-order chi connectivity index (χ0) is 23.4. The summed E-state index contributed by atoms with van der Waals surface area (Å²) in [4.78, 5) is 15.1. The van der Waals surface area contributed by atoms with Gasteiger partial charge in [0.2, 0.25) is 0 Å². The van der Waals surface area contributed by atoms with Crippen LogP contribution in [0.2, 0.25) is 0 Å². The van der Waals surface area contributed by atoms with E-state index in [-0.39, 0.29) is 18.3 Å². The number of hydrogen-bond donors (Lipinski definition) is 0. The van der Waals surface area contributed by atoms with E-state index in [1.54, 1.807) is 24.1 Å². The number of nitrogens with zero attached hydrogens (tertiary/aromatic N) is 1. The van der Waals surface area contributed by atoms with E-state index < -0.39 is 0 Å². The van der Waals surface area contributed by atoms with Gasteiger partial charge in [0.15, 0.2) is 0 Å². The van der Waals surface area contributed by atoms with Crippen molar-refractivity contribution < 1.29 is 18.7 Å². The molecule has 0 aliphatic carbocycles. The number of benzene rings is 3. The van der Waals surface area contributed by atoms with Crippen molar-refractivity contribution >= 4 is 56.2 Å². The number of carbonyl (C=O) groups excluding carboxylic acids is 1. The second-order valence-electron chi connectivity index (χ2n) is 7.22. The van der Waals surface area contributed by atoms with Gasteiger partial charge in [-0.1, -0.05) is 54.3 Å². The van der Waals surface area contributed by atoms with E-state index in [1.165, 1.54) is 23.9 Å². The maximum atomic E-state index is 13.3. The largest absolute Gasteiger partial charge is 0.497 e. The predicted molar refractivity (Wildman–Crippen MR) is 137 cm³/mol. The number of ether oxygens (including phenoxy) is 2. The van der Waals surface area contributed by atoms with Gasteiger partial charge in [0.05, 0.1) is 23.0 Å². The van der Waals surface area contributed by atoms with Crippen molar-refractivity contribution in [3.05, 3.63) is 98.6 Å². The van der Waals surface area contributed by atoms with Crippen LogP contribution in [-0.4, -0.2) is 22.2 Å². The molecule has 0 spiro atoms. The van der Waals surface area contributed by atoms with E-state index in [0.29, 0.717) is 21.5 Å². The SMILES string of the molecule is COc1ccc(CN2C(=O)C(=Cc3ccc(OCc4cccc(F)c4)c(Br)c3)SC2=S)cc1. The van der Waals surface area contributed by atoms with Crippen LogP contribution in [0.3, 0.4) is 0 Å². The summed E-state index contributed by atoms with van der Waals surface area (Å²) in [7, 11) is 1.61. The Kier molecular flexibility index (Phi) is 7.47. The lowest BCUT2D eigenvalue weighted by atomic mass is 10.2. The summed E-state index contributed by atoms with van der Waals surface area (Å²) < 4.78 is 25.6. The van der Waals surface area contributed by atoms with Crippen LogP contribution in [0.25, 0.3) is 6.08 Å². The van der Waals surface area contributed by atoms with Crippen molar-refractivity contribution in [2.75, 3.05) is 7.11 Å². The summed E-state index contributed by atoms with van der Waals surface area (Å²) in [5, 5.41) is 0. The van der Waals surface area contributed by atoms with E-state index in [0.717, 1.165) is 26.9 Å². The Labute approximate surface area is 209 Å². The molecule has 4 rings (SSSR count). The first-order valence-corrected chi connectivity index (χ1v) is 12.0. The molecule has 0 aromatic heterocycles. The predicted octanol–water partition coefficient (Wildman–Crippen LogP) is 6.58. The lowest BCUT2D eigenvalue weighted by Crippen LogP contribution is -2.27. The molecule has 0 unspecified atom stereocenters. The first kappa shape index (κ1) is 23.5. The average Bonchev–Trinajstić information content (AvgIpc) is 3.06. The number of methoxy groups -OCH3 is 1. The molecule has 1 amide bonds. The Bertz CT molecular complexity index is 1230. The molecular formula is C25H19BrFNO3S2. The van der Waals surface area contributed by atoms with E-state index in [9.17, 15) is 9.18 Å². The van der Waals surface area contributed by atoms with Crippen LogP contribution < -0.4 is 9.47 Å². The number of thiocarbonyl (C=S) groups is 1. The molecule has 4 nitrogen and oxygen atoms in total. The molecule has 3 aromatic rings. The van der Waals surface area contributed by atoms with Crippen LogP contribution in [0.4, 0.5) is 4.39 Å². The number of amides is 1. The standard InChI is InChI=1S/C25H19BrFNO3S2/c1-30-20-8-5-16(6-9-20)14-28-24(29)23(33-25(28)32)13-17-7-10-22(21(26)12-17)31-15-18-3-2-4-19(27)11-18/h2-13H,14-15H2,1H3. The molecule has 1 aliphatic rings. The molecule has 1 heterocycles. The summed E-state index contributed by atoms with van der Waals surface area (Å²) in [6, 6.07) is 19.4. The van der Waals surface area contributed by atoms with Gasteiger partial charge in [-0.25, -0.2) is 4.39 Å². The lowest BCUT2D eigenvalue weighted by molar-refractivity contribution is -0.122. The van der Waals surface area contributed by atoms with Gasteiger partial charge in [0.25, 0.3) is 5.91 Å². The third-order valence-corrected chi connectivity index (χ3v) is 6.91. The molecule has 1 saturated heterocycles. The molecule has 33 heavy (non-hydrogen) atoms. The fraction of sp³-hybridized carbons (Fsp3) is 0.120. The van der Waals surface area contributed by atoms with Gasteiger partial charge < -0.3 is 9.47 Å². The second-order valence-corrected chi connectivity index (χ2v) is 9.75. The summed E-state index contributed by atoms with van der Waals surface area (Å²) in [5.74, 6) is 0.972. The van der Waals surface area contributed by atoms with Crippen LogP contribution in [0.15, 0.2) is 76.1 Å². The highest BCUT2D eigenvalue weighted by atomic mass is 79.9. The topological polar surface area (TPSA) is 38.8 Å². The summed E-state index contributed by atoms with van der Waals surface area (Å²) >= 11 is 10.2. The van der Waals surface area contributed by atoms with Crippen molar-refractivity contribution in [1.29, 1.82) is 0 Å². The quantitative estimate of drug-likeness (QED) is 0.248. The normalized spacial score (nSPS) is 14.8. The lowest BCUT2D eigenvalue weighted by Gasteiger charge is -2.14. The van der Waals surface area contributed by atoms with Gasteiger partial charge in [0, 0.05) is 0 Å². The smallest absolute Gasteiger partial charge is 0.266 e. The maximum Gasteiger partial charge on any atom is 0.266 e. The van der Waals surface area contributed by atoms with E-state index in [2.05, 4.69) is 15.9 Å². The van der Waals surface area contributed by atoms with Crippen molar-refractivity contribution in [3.8, 4) is 11.5 Å². The Morgan fingerprint density at radius 3 is 2.58 bits per heavy atom. The average molecular weight is 544 g/mol. The first-order chi connectivity index (χ1) is 15.9. The highest BCUT2D eigenvalue weighted by Gasteiger charge is 2.32. The molecule has 0 bridgehead atoms.